The summed E-state index contributed by atoms with van der Waals surface area (Å²) >= 11 is 0. The van der Waals surface area contributed by atoms with E-state index >= 15 is 4.39 Å². The van der Waals surface area contributed by atoms with Gasteiger partial charge in [-0.05, 0) is 87.6 Å². The van der Waals surface area contributed by atoms with Crippen LogP contribution in [0.2, 0.25) is 0 Å². The summed E-state index contributed by atoms with van der Waals surface area (Å²) < 4.78 is 16.8. The van der Waals surface area contributed by atoms with Crippen molar-refractivity contribution in [2.75, 3.05) is 19.6 Å². The summed E-state index contributed by atoms with van der Waals surface area (Å²) in [5.74, 6) is 0.136. The van der Waals surface area contributed by atoms with Gasteiger partial charge in [0, 0.05) is 5.39 Å². The van der Waals surface area contributed by atoms with Gasteiger partial charge in [0.1, 0.15) is 17.2 Å². The van der Waals surface area contributed by atoms with Gasteiger partial charge < -0.3 is 4.90 Å². The van der Waals surface area contributed by atoms with Crippen LogP contribution in [-0.2, 0) is 0 Å². The lowest BCUT2D eigenvalue weighted by Crippen LogP contribution is -2.32. The minimum atomic E-state index is -0.243. The van der Waals surface area contributed by atoms with Crippen LogP contribution in [0.1, 0.15) is 42.5 Å². The van der Waals surface area contributed by atoms with E-state index in [1.807, 2.05) is 32.2 Å². The van der Waals surface area contributed by atoms with Crippen LogP contribution in [0, 0.1) is 19.7 Å². The zero-order valence-electron chi connectivity index (χ0n) is 17.6. The number of fused-ring (bicyclic) bond motifs is 2. The fourth-order valence-electron chi connectivity index (χ4n) is 4.44. The fourth-order valence-corrected chi connectivity index (χ4v) is 4.44. The van der Waals surface area contributed by atoms with E-state index in [1.165, 1.54) is 0 Å². The monoisotopic (exact) mass is 404 g/mol. The molecule has 0 unspecified atom stereocenters. The zero-order chi connectivity index (χ0) is 20.8. The number of aromatic nitrogens is 5. The van der Waals surface area contributed by atoms with E-state index in [9.17, 15) is 0 Å². The SMILES string of the molecule is CCN1CCC(c2cc(F)c3cc(-c4cc(C)c5nc(C)cn5n4)nnc3c2)CC1. The third-order valence-electron chi connectivity index (χ3n) is 6.17. The second-order valence-electron chi connectivity index (χ2n) is 8.24. The van der Waals surface area contributed by atoms with Crippen molar-refractivity contribution < 1.29 is 4.39 Å². The highest BCUT2D eigenvalue weighted by Crippen LogP contribution is 2.32. The van der Waals surface area contributed by atoms with Crippen molar-refractivity contribution in [3.05, 3.63) is 53.1 Å². The molecule has 1 fully saturated rings. The minimum Gasteiger partial charge on any atom is -0.304 e. The molecule has 4 heterocycles. The summed E-state index contributed by atoms with van der Waals surface area (Å²) in [7, 11) is 0. The average Bonchev–Trinajstić information content (AvgIpc) is 3.14. The Morgan fingerprint density at radius 2 is 1.83 bits per heavy atom. The molecule has 1 aliphatic heterocycles. The van der Waals surface area contributed by atoms with Crippen LogP contribution in [0.15, 0.2) is 30.5 Å². The molecule has 0 radical (unpaired) electrons. The maximum absolute atomic E-state index is 15.1. The number of aryl methyl sites for hydroxylation is 2. The van der Waals surface area contributed by atoms with Gasteiger partial charge in [-0.3, -0.25) is 0 Å². The van der Waals surface area contributed by atoms with E-state index in [1.54, 1.807) is 16.6 Å². The molecule has 0 bridgehead atoms. The van der Waals surface area contributed by atoms with E-state index in [0.29, 0.717) is 28.2 Å². The molecule has 0 amide bonds. The number of piperidine rings is 1. The summed E-state index contributed by atoms with van der Waals surface area (Å²) in [6.07, 6.45) is 3.98. The van der Waals surface area contributed by atoms with Crippen molar-refractivity contribution in [2.24, 2.45) is 0 Å². The summed E-state index contributed by atoms with van der Waals surface area (Å²) in [4.78, 5) is 6.92. The third kappa shape index (κ3) is 3.33. The first-order valence-corrected chi connectivity index (χ1v) is 10.5. The Bertz CT molecular complexity index is 1240. The number of hydrogen-bond acceptors (Lipinski definition) is 5. The maximum atomic E-state index is 15.1. The Morgan fingerprint density at radius 1 is 1.03 bits per heavy atom. The Morgan fingerprint density at radius 3 is 2.60 bits per heavy atom. The van der Waals surface area contributed by atoms with Crippen LogP contribution >= 0.6 is 0 Å². The molecule has 6 nitrogen and oxygen atoms in total. The van der Waals surface area contributed by atoms with Gasteiger partial charge in [0.25, 0.3) is 0 Å². The van der Waals surface area contributed by atoms with Crippen molar-refractivity contribution in [2.45, 2.75) is 39.5 Å². The molecule has 4 aromatic rings. The lowest BCUT2D eigenvalue weighted by molar-refractivity contribution is 0.222. The van der Waals surface area contributed by atoms with Crippen molar-refractivity contribution in [3.8, 4) is 11.4 Å². The second kappa shape index (κ2) is 7.40. The van der Waals surface area contributed by atoms with Gasteiger partial charge in [-0.15, -0.1) is 10.2 Å². The molecule has 1 saturated heterocycles. The standard InChI is InChI=1S/C23H25FN6/c1-4-29-7-5-16(6-8-29)17-10-19(24)18-12-21(27-26-20(18)11-17)22-9-14(2)23-25-15(3)13-30(23)28-22/h9-13,16H,4-8H2,1-3H3. The number of imidazole rings is 1. The van der Waals surface area contributed by atoms with Crippen molar-refractivity contribution in [1.29, 1.82) is 0 Å². The molecule has 0 N–H and O–H groups in total. The van der Waals surface area contributed by atoms with Crippen LogP contribution in [-0.4, -0.2) is 49.3 Å². The third-order valence-corrected chi connectivity index (χ3v) is 6.17. The molecule has 0 aliphatic carbocycles. The fraction of sp³-hybridized carbons (Fsp3) is 0.391. The molecule has 1 aromatic carbocycles. The average molecular weight is 404 g/mol. The molecule has 0 spiro atoms. The first-order chi connectivity index (χ1) is 14.5. The highest BCUT2D eigenvalue weighted by Gasteiger charge is 2.21. The Balaban J connectivity index is 1.51. The van der Waals surface area contributed by atoms with Crippen molar-refractivity contribution >= 4 is 16.6 Å². The number of nitrogens with zero attached hydrogens (tertiary/aromatic N) is 6. The van der Waals surface area contributed by atoms with E-state index < -0.39 is 0 Å². The molecule has 3 aromatic heterocycles. The van der Waals surface area contributed by atoms with Gasteiger partial charge in [-0.1, -0.05) is 6.92 Å². The van der Waals surface area contributed by atoms with Crippen LogP contribution in [0.3, 0.4) is 0 Å². The molecule has 0 saturated carbocycles. The zero-order valence-corrected chi connectivity index (χ0v) is 17.6. The smallest absolute Gasteiger partial charge is 0.156 e. The molecule has 7 heteroatoms. The van der Waals surface area contributed by atoms with Gasteiger partial charge in [0.2, 0.25) is 0 Å². The van der Waals surface area contributed by atoms with Crippen LogP contribution in [0.5, 0.6) is 0 Å². The summed E-state index contributed by atoms with van der Waals surface area (Å²) in [6.45, 7) is 9.30. The number of likely N-dealkylation sites (tertiary alicyclic amines) is 1. The van der Waals surface area contributed by atoms with Crippen LogP contribution in [0.25, 0.3) is 27.9 Å². The number of hydrogen-bond donors (Lipinski definition) is 0. The predicted molar refractivity (Wildman–Crippen MR) is 115 cm³/mol. The largest absolute Gasteiger partial charge is 0.304 e. The Hall–Kier alpha value is -2.93. The molecule has 154 valence electrons. The lowest BCUT2D eigenvalue weighted by atomic mass is 9.88. The molecule has 5 rings (SSSR count). The molecule has 30 heavy (non-hydrogen) atoms. The van der Waals surface area contributed by atoms with Gasteiger partial charge in [0.05, 0.1) is 17.4 Å². The summed E-state index contributed by atoms with van der Waals surface area (Å²) in [5.41, 5.74) is 5.55. The van der Waals surface area contributed by atoms with Crippen LogP contribution < -0.4 is 0 Å². The van der Waals surface area contributed by atoms with Gasteiger partial charge >= 0.3 is 0 Å². The quantitative estimate of drug-likeness (QED) is 0.510. The van der Waals surface area contributed by atoms with E-state index in [4.69, 9.17) is 0 Å². The van der Waals surface area contributed by atoms with E-state index in [0.717, 1.165) is 54.9 Å². The number of rotatable bonds is 3. The minimum absolute atomic E-state index is 0.243. The lowest BCUT2D eigenvalue weighted by Gasteiger charge is -2.31. The molecule has 0 atom stereocenters. The predicted octanol–water partition coefficient (Wildman–Crippen LogP) is 4.29. The summed E-state index contributed by atoms with van der Waals surface area (Å²) in [6, 6.07) is 7.35. The van der Waals surface area contributed by atoms with E-state index in [-0.39, 0.29) is 5.82 Å². The summed E-state index contributed by atoms with van der Waals surface area (Å²) in [5, 5.41) is 13.8. The van der Waals surface area contributed by atoms with Crippen molar-refractivity contribution in [3.63, 3.8) is 0 Å². The highest BCUT2D eigenvalue weighted by molar-refractivity contribution is 5.83. The van der Waals surface area contributed by atoms with Crippen molar-refractivity contribution in [1.82, 2.24) is 29.7 Å². The molecule has 1 aliphatic rings. The number of benzene rings is 1. The first kappa shape index (κ1) is 19.1. The number of halogens is 1. The molecular weight excluding hydrogens is 379 g/mol. The molecular formula is C23H25FN6. The highest BCUT2D eigenvalue weighted by atomic mass is 19.1. The second-order valence-corrected chi connectivity index (χ2v) is 8.24. The maximum Gasteiger partial charge on any atom is 0.156 e. The van der Waals surface area contributed by atoms with Gasteiger partial charge in [0.15, 0.2) is 5.65 Å². The topological polar surface area (TPSA) is 59.2 Å². The normalized spacial score (nSPS) is 16.0. The first-order valence-electron chi connectivity index (χ1n) is 10.5. The van der Waals surface area contributed by atoms with Gasteiger partial charge in [-0.25, -0.2) is 13.9 Å². The van der Waals surface area contributed by atoms with E-state index in [2.05, 4.69) is 32.1 Å². The van der Waals surface area contributed by atoms with Crippen LogP contribution in [0.4, 0.5) is 4.39 Å². The Labute approximate surface area is 174 Å². The van der Waals surface area contributed by atoms with Gasteiger partial charge in [-0.2, -0.15) is 5.10 Å². The Kier molecular flexibility index (Phi) is 4.70.